The molecule has 1 aromatic carbocycles. The molecule has 0 aliphatic carbocycles. The molecule has 21 heteroatoms. The standard InChI is InChI=1S/C41H65N7O12.CO2.CH4/c1-31(2)60-30-37(50)42-20-23-57-25-27-59-28-26-58-24-21-43-39(53)33-17-15-32(16-18-33)36(49)13-7-5-3-4-6-11-34-29-48(47-46-34)22-9-8-12-35(40(54)55)45-41(56)44-19-10-14-38(51)52;2-1-3;/h15-18,29,31,35H,3-14,19-28,30H2,1-2H3,(H,42,50)(H,43,53)(H,51,52)(H,54,55)(H2,44,45,56);;1H4/t35-;;/m0../s1. The number of rotatable bonds is 36. The number of aromatic nitrogens is 3. The summed E-state index contributed by atoms with van der Waals surface area (Å²) in [6, 6.07) is 4.98. The van der Waals surface area contributed by atoms with Crippen molar-refractivity contribution in [3.63, 3.8) is 0 Å². The second-order valence-electron chi connectivity index (χ2n) is 14.4. The Bertz CT molecular complexity index is 1650. The summed E-state index contributed by atoms with van der Waals surface area (Å²) in [6.07, 6.45) is 9.62. The van der Waals surface area contributed by atoms with Crippen LogP contribution in [0.2, 0.25) is 0 Å². The van der Waals surface area contributed by atoms with Gasteiger partial charge in [0.15, 0.2) is 5.78 Å². The highest BCUT2D eigenvalue weighted by molar-refractivity contribution is 5.98. The predicted molar refractivity (Wildman–Crippen MR) is 232 cm³/mol. The maximum absolute atomic E-state index is 12.7. The minimum Gasteiger partial charge on any atom is -0.481 e. The monoisotopic (exact) mass is 907 g/mol. The van der Waals surface area contributed by atoms with Crippen molar-refractivity contribution in [2.45, 2.75) is 117 Å². The van der Waals surface area contributed by atoms with Gasteiger partial charge in [0.2, 0.25) is 5.91 Å². The zero-order valence-corrected chi connectivity index (χ0v) is 36.4. The second-order valence-corrected chi connectivity index (χ2v) is 14.4. The van der Waals surface area contributed by atoms with Crippen molar-refractivity contribution in [3.8, 4) is 0 Å². The van der Waals surface area contributed by atoms with Crippen molar-refractivity contribution >= 4 is 41.7 Å². The molecule has 1 heterocycles. The summed E-state index contributed by atoms with van der Waals surface area (Å²) in [5.41, 5.74) is 1.92. The number of benzene rings is 1. The zero-order chi connectivity index (χ0) is 46.5. The Morgan fingerprint density at radius 3 is 1.94 bits per heavy atom. The van der Waals surface area contributed by atoms with Crippen LogP contribution in [0.3, 0.4) is 0 Å². The molecule has 4 amide bonds. The average Bonchev–Trinajstić information content (AvgIpc) is 3.71. The Labute approximate surface area is 375 Å². The number of ketones is 1. The molecule has 360 valence electrons. The molecule has 2 rings (SSSR count). The van der Waals surface area contributed by atoms with E-state index in [9.17, 15) is 33.9 Å². The number of aryl methyl sites for hydroxylation is 2. The van der Waals surface area contributed by atoms with E-state index in [0.717, 1.165) is 44.2 Å². The number of amides is 4. The summed E-state index contributed by atoms with van der Waals surface area (Å²) in [5.74, 6) is -2.48. The number of ether oxygens (including phenoxy) is 4. The first-order chi connectivity index (χ1) is 30.4. The van der Waals surface area contributed by atoms with Crippen molar-refractivity contribution in [2.75, 3.05) is 65.9 Å². The number of Topliss-reactive ketones (excluding diaryl/α,β-unsaturated/α-hetero) is 1. The summed E-state index contributed by atoms with van der Waals surface area (Å²) in [6.45, 7) is 7.48. The molecule has 2 aromatic rings. The second kappa shape index (κ2) is 37.9. The summed E-state index contributed by atoms with van der Waals surface area (Å²) in [5, 5.41) is 36.9. The molecule has 64 heavy (non-hydrogen) atoms. The molecule has 0 unspecified atom stereocenters. The number of hydrogen-bond donors (Lipinski definition) is 6. The number of hydrogen-bond acceptors (Lipinski definition) is 14. The van der Waals surface area contributed by atoms with Crippen LogP contribution >= 0.6 is 0 Å². The van der Waals surface area contributed by atoms with E-state index in [0.29, 0.717) is 89.7 Å². The van der Waals surface area contributed by atoms with Gasteiger partial charge in [0, 0.05) is 56.3 Å². The Hall–Kier alpha value is -5.60. The molecule has 0 radical (unpaired) electrons. The van der Waals surface area contributed by atoms with Crippen molar-refractivity contribution in [1.29, 1.82) is 0 Å². The van der Waals surface area contributed by atoms with Crippen LogP contribution in [0.25, 0.3) is 0 Å². The van der Waals surface area contributed by atoms with E-state index in [4.69, 9.17) is 33.6 Å². The van der Waals surface area contributed by atoms with Crippen LogP contribution in [0.4, 0.5) is 4.79 Å². The van der Waals surface area contributed by atoms with Gasteiger partial charge in [-0.25, -0.2) is 9.59 Å². The van der Waals surface area contributed by atoms with Crippen LogP contribution in [0.1, 0.15) is 118 Å². The summed E-state index contributed by atoms with van der Waals surface area (Å²) >= 11 is 0. The number of carboxylic acid groups (broad SMARTS) is 2. The maximum atomic E-state index is 12.7. The molecule has 0 saturated heterocycles. The third kappa shape index (κ3) is 31.3. The van der Waals surface area contributed by atoms with E-state index in [2.05, 4.69) is 31.6 Å². The first kappa shape index (κ1) is 58.4. The van der Waals surface area contributed by atoms with Gasteiger partial charge in [-0.15, -0.1) is 5.10 Å². The van der Waals surface area contributed by atoms with Gasteiger partial charge in [-0.2, -0.15) is 9.59 Å². The lowest BCUT2D eigenvalue weighted by Crippen LogP contribution is -2.46. The lowest BCUT2D eigenvalue weighted by atomic mass is 10.0. The summed E-state index contributed by atoms with van der Waals surface area (Å²) in [7, 11) is 0. The molecule has 0 spiro atoms. The minimum absolute atomic E-state index is 0. The Balaban J connectivity index is 0.00000963. The lowest BCUT2D eigenvalue weighted by molar-refractivity contribution is -0.191. The van der Waals surface area contributed by atoms with Gasteiger partial charge in [0.05, 0.1) is 51.4 Å². The summed E-state index contributed by atoms with van der Waals surface area (Å²) in [4.78, 5) is 87.0. The average molecular weight is 908 g/mol. The van der Waals surface area contributed by atoms with Crippen LogP contribution in [0.15, 0.2) is 30.5 Å². The fourth-order valence-corrected chi connectivity index (χ4v) is 5.60. The van der Waals surface area contributed by atoms with Gasteiger partial charge in [0.1, 0.15) is 12.6 Å². The number of aliphatic carboxylic acids is 2. The number of unbranched alkanes of at least 4 members (excludes halogenated alkanes) is 5. The molecule has 21 nitrogen and oxygen atoms in total. The highest BCUT2D eigenvalue weighted by atomic mass is 16.5. The number of urea groups is 1. The van der Waals surface area contributed by atoms with Gasteiger partial charge < -0.3 is 50.4 Å². The third-order valence-electron chi connectivity index (χ3n) is 8.87. The number of nitrogens with zero attached hydrogens (tertiary/aromatic N) is 3. The number of nitrogens with one attached hydrogen (secondary N) is 4. The van der Waals surface area contributed by atoms with E-state index in [1.54, 1.807) is 28.9 Å². The quantitative estimate of drug-likeness (QED) is 0.0423. The molecule has 1 aromatic heterocycles. The maximum Gasteiger partial charge on any atom is 0.373 e. The van der Waals surface area contributed by atoms with E-state index >= 15 is 0 Å². The summed E-state index contributed by atoms with van der Waals surface area (Å²) < 4.78 is 23.3. The molecule has 0 bridgehead atoms. The third-order valence-corrected chi connectivity index (χ3v) is 8.87. The largest absolute Gasteiger partial charge is 0.481 e. The Kier molecular flexibility index (Phi) is 34.6. The minimum atomic E-state index is -1.14. The van der Waals surface area contributed by atoms with Crippen LogP contribution in [0.5, 0.6) is 0 Å². The smallest absolute Gasteiger partial charge is 0.373 e. The molecular formula is C43H69N7O14. The Morgan fingerprint density at radius 1 is 0.719 bits per heavy atom. The van der Waals surface area contributed by atoms with Gasteiger partial charge in [0.25, 0.3) is 5.91 Å². The van der Waals surface area contributed by atoms with Crippen LogP contribution in [0, 0.1) is 0 Å². The molecule has 6 N–H and O–H groups in total. The normalized spacial score (nSPS) is 11.0. The van der Waals surface area contributed by atoms with Gasteiger partial charge in [-0.3, -0.25) is 23.9 Å². The van der Waals surface area contributed by atoms with Crippen molar-refractivity contribution in [1.82, 2.24) is 36.3 Å². The highest BCUT2D eigenvalue weighted by Crippen LogP contribution is 2.13. The SMILES string of the molecule is C.CC(C)OCC(=O)NCCOCCOCCOCCNC(=O)c1ccc(C(=O)CCCCCCCc2cn(CCCC[C@H](NC(=O)NCCCC(=O)O)C(=O)O)nn2)cc1.O=C=O. The molecule has 0 aliphatic rings. The number of carbonyl (C=O) groups excluding carboxylic acids is 6. The van der Waals surface area contributed by atoms with Crippen LogP contribution in [-0.2, 0) is 55.9 Å². The topological polar surface area (TPSA) is 293 Å². The fourth-order valence-electron chi connectivity index (χ4n) is 5.60. The number of carboxylic acids is 2. The highest BCUT2D eigenvalue weighted by Gasteiger charge is 2.19. The van der Waals surface area contributed by atoms with Crippen LogP contribution < -0.4 is 21.3 Å². The lowest BCUT2D eigenvalue weighted by Gasteiger charge is -2.15. The van der Waals surface area contributed by atoms with Crippen molar-refractivity contribution < 1.29 is 67.5 Å². The molecule has 0 saturated carbocycles. The van der Waals surface area contributed by atoms with Crippen molar-refractivity contribution in [2.24, 2.45) is 0 Å². The van der Waals surface area contributed by atoms with Gasteiger partial charge in [-0.05, 0) is 70.9 Å². The van der Waals surface area contributed by atoms with E-state index < -0.39 is 24.0 Å². The zero-order valence-electron chi connectivity index (χ0n) is 36.4. The molecular weight excluding hydrogens is 839 g/mol. The van der Waals surface area contributed by atoms with Crippen LogP contribution in [-0.4, -0.2) is 145 Å². The van der Waals surface area contributed by atoms with Gasteiger partial charge in [-0.1, -0.05) is 44.0 Å². The van der Waals surface area contributed by atoms with E-state index in [1.165, 1.54) is 0 Å². The molecule has 0 fully saturated rings. The van der Waals surface area contributed by atoms with Crippen molar-refractivity contribution in [3.05, 3.63) is 47.3 Å². The predicted octanol–water partition coefficient (Wildman–Crippen LogP) is 3.21. The first-order valence-corrected chi connectivity index (χ1v) is 21.3. The Morgan fingerprint density at radius 2 is 1.31 bits per heavy atom. The molecule has 1 atom stereocenters. The number of carbonyl (C=O) groups is 6. The first-order valence-electron chi connectivity index (χ1n) is 21.3. The van der Waals surface area contributed by atoms with E-state index in [1.807, 2.05) is 20.0 Å². The fraction of sp³-hybridized carbons (Fsp3) is 0.651. The molecule has 0 aliphatic heterocycles. The van der Waals surface area contributed by atoms with E-state index in [-0.39, 0.29) is 69.7 Å². The van der Waals surface area contributed by atoms with Gasteiger partial charge >= 0.3 is 24.1 Å².